The van der Waals surface area contributed by atoms with Crippen molar-refractivity contribution in [1.82, 2.24) is 0 Å². The van der Waals surface area contributed by atoms with E-state index in [1.165, 1.54) is 12.8 Å². The lowest BCUT2D eigenvalue weighted by Gasteiger charge is -1.85. The SMILES string of the molecule is C#CCCCC#CCCCC. The highest BCUT2D eigenvalue weighted by Crippen LogP contribution is 1.93. The first-order valence-electron chi connectivity index (χ1n) is 4.31. The van der Waals surface area contributed by atoms with Gasteiger partial charge in [-0.2, -0.15) is 0 Å². The van der Waals surface area contributed by atoms with Crippen LogP contribution in [0.4, 0.5) is 0 Å². The Bertz CT molecular complexity index is 161. The quantitative estimate of drug-likeness (QED) is 0.424. The minimum atomic E-state index is 0.864. The Hall–Kier alpha value is -0.880. The lowest BCUT2D eigenvalue weighted by atomic mass is 10.2. The third-order valence-electron chi connectivity index (χ3n) is 1.40. The summed E-state index contributed by atoms with van der Waals surface area (Å²) in [4.78, 5) is 0. The summed E-state index contributed by atoms with van der Waals surface area (Å²) in [5, 5.41) is 0. The average molecular weight is 148 g/mol. The fourth-order valence-electron chi connectivity index (χ4n) is 0.721. The molecule has 0 aromatic rings. The lowest BCUT2D eigenvalue weighted by molar-refractivity contribution is 0.825. The van der Waals surface area contributed by atoms with Crippen LogP contribution in [-0.2, 0) is 0 Å². The zero-order chi connectivity index (χ0) is 8.36. The lowest BCUT2D eigenvalue weighted by Crippen LogP contribution is -1.70. The standard InChI is InChI=1S/C11H16/c1-3-5-7-9-11-10-8-6-4-2/h1H,4-9H2,2H3. The number of terminal acetylenes is 1. The van der Waals surface area contributed by atoms with E-state index in [1.807, 2.05) is 0 Å². The first-order chi connectivity index (χ1) is 5.41. The Balaban J connectivity index is 3.07. The Labute approximate surface area is 70.4 Å². The molecule has 0 N–H and O–H groups in total. The fraction of sp³-hybridized carbons (Fsp3) is 0.636. The van der Waals surface area contributed by atoms with Crippen molar-refractivity contribution in [2.75, 3.05) is 0 Å². The van der Waals surface area contributed by atoms with Gasteiger partial charge in [0.1, 0.15) is 0 Å². The predicted octanol–water partition coefficient (Wildman–Crippen LogP) is 2.98. The molecule has 0 aliphatic rings. The van der Waals surface area contributed by atoms with Gasteiger partial charge < -0.3 is 0 Å². The molecule has 0 amide bonds. The molecule has 0 saturated heterocycles. The van der Waals surface area contributed by atoms with Crippen LogP contribution in [0.5, 0.6) is 0 Å². The van der Waals surface area contributed by atoms with Crippen LogP contribution in [0.3, 0.4) is 0 Å². The van der Waals surface area contributed by atoms with Crippen LogP contribution in [0, 0.1) is 24.2 Å². The first kappa shape index (κ1) is 10.1. The molecule has 11 heavy (non-hydrogen) atoms. The van der Waals surface area contributed by atoms with E-state index in [-0.39, 0.29) is 0 Å². The van der Waals surface area contributed by atoms with Crippen LogP contribution in [0.2, 0.25) is 0 Å². The normalized spacial score (nSPS) is 8.00. The van der Waals surface area contributed by atoms with Crippen molar-refractivity contribution in [3.05, 3.63) is 0 Å². The van der Waals surface area contributed by atoms with Crippen molar-refractivity contribution in [2.24, 2.45) is 0 Å². The van der Waals surface area contributed by atoms with Crippen molar-refractivity contribution in [1.29, 1.82) is 0 Å². The monoisotopic (exact) mass is 148 g/mol. The largest absolute Gasteiger partial charge is 0.120 e. The van der Waals surface area contributed by atoms with Gasteiger partial charge in [0.15, 0.2) is 0 Å². The maximum Gasteiger partial charge on any atom is 0.00977 e. The number of unbranched alkanes of at least 4 members (excludes halogenated alkanes) is 4. The van der Waals surface area contributed by atoms with Crippen LogP contribution in [0.1, 0.15) is 45.4 Å². The van der Waals surface area contributed by atoms with Crippen molar-refractivity contribution >= 4 is 0 Å². The molecule has 0 aromatic heterocycles. The molecule has 0 heterocycles. The van der Waals surface area contributed by atoms with Crippen LogP contribution >= 0.6 is 0 Å². The van der Waals surface area contributed by atoms with Crippen LogP contribution in [0.15, 0.2) is 0 Å². The molecule has 60 valence electrons. The van der Waals surface area contributed by atoms with Crippen molar-refractivity contribution in [3.8, 4) is 24.2 Å². The summed E-state index contributed by atoms with van der Waals surface area (Å²) in [6.07, 6.45) is 11.5. The van der Waals surface area contributed by atoms with Gasteiger partial charge >= 0.3 is 0 Å². The van der Waals surface area contributed by atoms with Gasteiger partial charge in [0.2, 0.25) is 0 Å². The Morgan fingerprint density at radius 2 is 1.64 bits per heavy atom. The van der Waals surface area contributed by atoms with Gasteiger partial charge in [-0.1, -0.05) is 13.3 Å². The molecule has 0 aliphatic carbocycles. The van der Waals surface area contributed by atoms with Gasteiger partial charge in [-0.3, -0.25) is 0 Å². The fourth-order valence-corrected chi connectivity index (χ4v) is 0.721. The first-order valence-corrected chi connectivity index (χ1v) is 4.31. The highest BCUT2D eigenvalue weighted by molar-refractivity contribution is 4.99. The maximum absolute atomic E-state index is 5.09. The topological polar surface area (TPSA) is 0 Å². The molecular weight excluding hydrogens is 132 g/mol. The smallest absolute Gasteiger partial charge is 0.00977 e. The second kappa shape index (κ2) is 9.12. The summed E-state index contributed by atoms with van der Waals surface area (Å²) < 4.78 is 0. The molecular formula is C11H16. The van der Waals surface area contributed by atoms with Crippen LogP contribution in [-0.4, -0.2) is 0 Å². The predicted molar refractivity (Wildman–Crippen MR) is 50.0 cm³/mol. The van der Waals surface area contributed by atoms with E-state index in [4.69, 9.17) is 6.42 Å². The van der Waals surface area contributed by atoms with Gasteiger partial charge in [-0.15, -0.1) is 24.2 Å². The molecule has 0 nitrogen and oxygen atoms in total. The van der Waals surface area contributed by atoms with E-state index in [9.17, 15) is 0 Å². The molecule has 0 heteroatoms. The third kappa shape index (κ3) is 9.12. The van der Waals surface area contributed by atoms with Crippen molar-refractivity contribution in [3.63, 3.8) is 0 Å². The van der Waals surface area contributed by atoms with E-state index >= 15 is 0 Å². The second-order valence-corrected chi connectivity index (χ2v) is 2.51. The number of hydrogen-bond acceptors (Lipinski definition) is 0. The van der Waals surface area contributed by atoms with E-state index in [2.05, 4.69) is 24.7 Å². The Morgan fingerprint density at radius 1 is 1.00 bits per heavy atom. The summed E-state index contributed by atoms with van der Waals surface area (Å²) in [7, 11) is 0. The summed E-state index contributed by atoms with van der Waals surface area (Å²) in [5.41, 5.74) is 0. The molecule has 0 fully saturated rings. The molecule has 0 rings (SSSR count). The zero-order valence-corrected chi connectivity index (χ0v) is 7.32. The van der Waals surface area contributed by atoms with Gasteiger partial charge in [0, 0.05) is 19.3 Å². The summed E-state index contributed by atoms with van der Waals surface area (Å²) in [6.45, 7) is 2.18. The van der Waals surface area contributed by atoms with Crippen molar-refractivity contribution < 1.29 is 0 Å². The Kier molecular flexibility index (Phi) is 8.39. The summed E-state index contributed by atoms with van der Waals surface area (Å²) in [5.74, 6) is 8.84. The van der Waals surface area contributed by atoms with E-state index in [0.29, 0.717) is 0 Å². The van der Waals surface area contributed by atoms with Crippen LogP contribution < -0.4 is 0 Å². The molecule has 0 aromatic carbocycles. The van der Waals surface area contributed by atoms with E-state index < -0.39 is 0 Å². The van der Waals surface area contributed by atoms with Gasteiger partial charge in [-0.25, -0.2) is 0 Å². The Morgan fingerprint density at radius 3 is 2.18 bits per heavy atom. The molecule has 0 aliphatic heterocycles. The maximum atomic E-state index is 5.09. The third-order valence-corrected chi connectivity index (χ3v) is 1.40. The molecule has 0 atom stereocenters. The highest BCUT2D eigenvalue weighted by atomic mass is 13.8. The minimum absolute atomic E-state index is 0.864. The van der Waals surface area contributed by atoms with Crippen molar-refractivity contribution in [2.45, 2.75) is 45.4 Å². The molecule has 0 radical (unpaired) electrons. The minimum Gasteiger partial charge on any atom is -0.120 e. The molecule has 0 unspecified atom stereocenters. The average Bonchev–Trinajstić information content (AvgIpc) is 2.03. The highest BCUT2D eigenvalue weighted by Gasteiger charge is 1.78. The van der Waals surface area contributed by atoms with Crippen LogP contribution in [0.25, 0.3) is 0 Å². The molecule has 0 saturated carbocycles. The summed E-state index contributed by atoms with van der Waals surface area (Å²) >= 11 is 0. The zero-order valence-electron chi connectivity index (χ0n) is 7.32. The number of hydrogen-bond donors (Lipinski definition) is 0. The van der Waals surface area contributed by atoms with E-state index in [1.54, 1.807) is 0 Å². The van der Waals surface area contributed by atoms with E-state index in [0.717, 1.165) is 25.7 Å². The number of rotatable bonds is 4. The molecule has 0 spiro atoms. The van der Waals surface area contributed by atoms with Gasteiger partial charge in [0.25, 0.3) is 0 Å². The van der Waals surface area contributed by atoms with Gasteiger partial charge in [0.05, 0.1) is 0 Å². The molecule has 0 bridgehead atoms. The second-order valence-electron chi connectivity index (χ2n) is 2.51. The van der Waals surface area contributed by atoms with Gasteiger partial charge in [-0.05, 0) is 12.8 Å². The summed E-state index contributed by atoms with van der Waals surface area (Å²) in [6, 6.07) is 0.